The summed E-state index contributed by atoms with van der Waals surface area (Å²) in [5, 5.41) is 0.800. The molecule has 2 aromatic carbocycles. The second-order valence-corrected chi connectivity index (χ2v) is 5.16. The van der Waals surface area contributed by atoms with Crippen molar-refractivity contribution in [2.75, 3.05) is 12.8 Å². The number of rotatable bonds is 3. The van der Waals surface area contributed by atoms with Crippen LogP contribution in [0.4, 0.5) is 5.95 Å². The first kappa shape index (κ1) is 13.6. The van der Waals surface area contributed by atoms with Gasteiger partial charge in [0.25, 0.3) is 0 Å². The maximum absolute atomic E-state index is 5.87. The van der Waals surface area contributed by atoms with E-state index in [-0.39, 0.29) is 5.95 Å². The lowest BCUT2D eigenvalue weighted by Crippen LogP contribution is -1.99. The van der Waals surface area contributed by atoms with Crippen molar-refractivity contribution in [3.8, 4) is 17.4 Å². The summed E-state index contributed by atoms with van der Waals surface area (Å²) < 4.78 is 11.8. The molecule has 0 aliphatic heterocycles. The normalized spacial score (nSPS) is 10.6. The molecule has 0 aliphatic carbocycles. The first-order valence-corrected chi connectivity index (χ1v) is 7.00. The van der Waals surface area contributed by atoms with Crippen LogP contribution in [-0.4, -0.2) is 17.1 Å². The number of para-hydroxylation sites is 1. The molecule has 21 heavy (non-hydrogen) atoms. The Labute approximate surface area is 129 Å². The minimum atomic E-state index is 0.174. The van der Waals surface area contributed by atoms with E-state index >= 15 is 0 Å². The summed E-state index contributed by atoms with van der Waals surface area (Å²) in [6, 6.07) is 13.0. The highest BCUT2D eigenvalue weighted by Crippen LogP contribution is 2.34. The third-order valence-corrected chi connectivity index (χ3v) is 3.55. The quantitative estimate of drug-likeness (QED) is 0.782. The summed E-state index contributed by atoms with van der Waals surface area (Å²) in [5.74, 6) is 1.96. The van der Waals surface area contributed by atoms with Crippen molar-refractivity contribution < 1.29 is 9.47 Å². The Morgan fingerprint density at radius 1 is 1.10 bits per heavy atom. The van der Waals surface area contributed by atoms with Crippen LogP contribution in [-0.2, 0) is 0 Å². The van der Waals surface area contributed by atoms with Crippen LogP contribution in [0.3, 0.4) is 0 Å². The van der Waals surface area contributed by atoms with Crippen LogP contribution < -0.4 is 15.2 Å². The number of aromatic nitrogens is 2. The van der Waals surface area contributed by atoms with Crippen LogP contribution >= 0.6 is 15.9 Å². The van der Waals surface area contributed by atoms with Crippen LogP contribution in [0, 0.1) is 0 Å². The molecule has 0 spiro atoms. The van der Waals surface area contributed by atoms with Crippen molar-refractivity contribution in [2.45, 2.75) is 0 Å². The van der Waals surface area contributed by atoms with Gasteiger partial charge in [-0.05, 0) is 46.3 Å². The largest absolute Gasteiger partial charge is 0.497 e. The third-order valence-electron chi connectivity index (χ3n) is 2.93. The lowest BCUT2D eigenvalue weighted by Gasteiger charge is -2.10. The van der Waals surface area contributed by atoms with Crippen LogP contribution in [0.25, 0.3) is 10.9 Å². The number of nitrogens with zero attached hydrogens (tertiary/aromatic N) is 2. The molecule has 0 aliphatic rings. The first-order chi connectivity index (χ1) is 10.2. The number of hydrogen-bond acceptors (Lipinski definition) is 5. The SMILES string of the molecule is COc1ccc(Oc2nc(N)nc3ccccc23)c(Br)c1. The van der Waals surface area contributed by atoms with E-state index < -0.39 is 0 Å². The van der Waals surface area contributed by atoms with Gasteiger partial charge in [0.15, 0.2) is 0 Å². The van der Waals surface area contributed by atoms with Gasteiger partial charge in [-0.2, -0.15) is 4.98 Å². The number of nitrogen functional groups attached to an aromatic ring is 1. The highest BCUT2D eigenvalue weighted by molar-refractivity contribution is 9.10. The maximum atomic E-state index is 5.87. The number of hydrogen-bond donors (Lipinski definition) is 1. The number of nitrogens with two attached hydrogens (primary N) is 1. The van der Waals surface area contributed by atoms with Gasteiger partial charge in [-0.3, -0.25) is 0 Å². The van der Waals surface area contributed by atoms with Crippen LogP contribution in [0.2, 0.25) is 0 Å². The van der Waals surface area contributed by atoms with E-state index in [4.69, 9.17) is 15.2 Å². The molecular formula is C15H12BrN3O2. The molecule has 0 atom stereocenters. The first-order valence-electron chi connectivity index (χ1n) is 6.21. The zero-order valence-corrected chi connectivity index (χ0v) is 12.8. The maximum Gasteiger partial charge on any atom is 0.232 e. The molecule has 0 radical (unpaired) electrons. The molecule has 5 nitrogen and oxygen atoms in total. The molecule has 6 heteroatoms. The van der Waals surface area contributed by atoms with Gasteiger partial charge >= 0.3 is 0 Å². The zero-order chi connectivity index (χ0) is 14.8. The van der Waals surface area contributed by atoms with Crippen molar-refractivity contribution in [1.29, 1.82) is 0 Å². The number of fused-ring (bicyclic) bond motifs is 1. The fraction of sp³-hybridized carbons (Fsp3) is 0.0667. The van der Waals surface area contributed by atoms with Gasteiger partial charge in [-0.25, -0.2) is 4.98 Å². The van der Waals surface area contributed by atoms with Crippen molar-refractivity contribution >= 4 is 32.8 Å². The fourth-order valence-corrected chi connectivity index (χ4v) is 2.38. The van der Waals surface area contributed by atoms with E-state index in [1.54, 1.807) is 13.2 Å². The van der Waals surface area contributed by atoms with Gasteiger partial charge in [0.2, 0.25) is 11.8 Å². The van der Waals surface area contributed by atoms with Gasteiger partial charge in [0.05, 0.1) is 22.5 Å². The Balaban J connectivity index is 2.05. The lowest BCUT2D eigenvalue weighted by molar-refractivity contribution is 0.411. The number of methoxy groups -OCH3 is 1. The Bertz CT molecular complexity index is 808. The molecule has 1 heterocycles. The standard InChI is InChI=1S/C15H12BrN3O2/c1-20-9-6-7-13(11(16)8-9)21-14-10-4-2-3-5-12(10)18-15(17)19-14/h2-8H,1H3,(H2,17,18,19). The average Bonchev–Trinajstić information content (AvgIpc) is 2.49. The van der Waals surface area contributed by atoms with E-state index in [2.05, 4.69) is 25.9 Å². The minimum Gasteiger partial charge on any atom is -0.497 e. The fourth-order valence-electron chi connectivity index (χ4n) is 1.94. The van der Waals surface area contributed by atoms with Gasteiger partial charge in [-0.1, -0.05) is 12.1 Å². The predicted octanol–water partition coefficient (Wildman–Crippen LogP) is 3.78. The third kappa shape index (κ3) is 2.75. The summed E-state index contributed by atoms with van der Waals surface area (Å²) in [6.07, 6.45) is 0. The second kappa shape index (κ2) is 5.57. The lowest BCUT2D eigenvalue weighted by atomic mass is 10.2. The van der Waals surface area contributed by atoms with Gasteiger partial charge < -0.3 is 15.2 Å². The van der Waals surface area contributed by atoms with Gasteiger partial charge in [0, 0.05) is 0 Å². The molecule has 1 aromatic heterocycles. The van der Waals surface area contributed by atoms with Crippen LogP contribution in [0.15, 0.2) is 46.9 Å². The highest BCUT2D eigenvalue weighted by atomic mass is 79.9. The molecule has 0 bridgehead atoms. The second-order valence-electron chi connectivity index (χ2n) is 4.30. The molecule has 3 aromatic rings. The molecule has 0 amide bonds. The summed E-state index contributed by atoms with van der Waals surface area (Å²) in [7, 11) is 1.61. The molecule has 2 N–H and O–H groups in total. The van der Waals surface area contributed by atoms with Crippen molar-refractivity contribution in [3.63, 3.8) is 0 Å². The predicted molar refractivity (Wildman–Crippen MR) is 84.7 cm³/mol. The van der Waals surface area contributed by atoms with Gasteiger partial charge in [-0.15, -0.1) is 0 Å². The van der Waals surface area contributed by atoms with Crippen LogP contribution in [0.1, 0.15) is 0 Å². The zero-order valence-electron chi connectivity index (χ0n) is 11.2. The summed E-state index contributed by atoms with van der Waals surface area (Å²) in [5.41, 5.74) is 6.47. The van der Waals surface area contributed by atoms with E-state index in [9.17, 15) is 0 Å². The number of anilines is 1. The topological polar surface area (TPSA) is 70.3 Å². The monoisotopic (exact) mass is 345 g/mol. The Hall–Kier alpha value is -2.34. The average molecular weight is 346 g/mol. The van der Waals surface area contributed by atoms with Crippen molar-refractivity contribution in [2.24, 2.45) is 0 Å². The van der Waals surface area contributed by atoms with E-state index in [1.807, 2.05) is 36.4 Å². The Morgan fingerprint density at radius 3 is 2.67 bits per heavy atom. The molecule has 0 fully saturated rings. The molecule has 0 saturated carbocycles. The number of benzene rings is 2. The van der Waals surface area contributed by atoms with E-state index in [0.29, 0.717) is 11.6 Å². The molecule has 3 rings (SSSR count). The smallest absolute Gasteiger partial charge is 0.232 e. The molecule has 0 unspecified atom stereocenters. The Kier molecular flexibility index (Phi) is 3.62. The minimum absolute atomic E-state index is 0.174. The summed E-state index contributed by atoms with van der Waals surface area (Å²) >= 11 is 3.45. The van der Waals surface area contributed by atoms with E-state index in [1.165, 1.54) is 0 Å². The number of halogens is 1. The summed E-state index contributed by atoms with van der Waals surface area (Å²) in [6.45, 7) is 0. The van der Waals surface area contributed by atoms with Crippen molar-refractivity contribution in [1.82, 2.24) is 9.97 Å². The number of ether oxygens (including phenoxy) is 2. The molecule has 106 valence electrons. The Morgan fingerprint density at radius 2 is 1.90 bits per heavy atom. The highest BCUT2D eigenvalue weighted by Gasteiger charge is 2.10. The van der Waals surface area contributed by atoms with Crippen molar-refractivity contribution in [3.05, 3.63) is 46.9 Å². The van der Waals surface area contributed by atoms with E-state index in [0.717, 1.165) is 21.1 Å². The molecule has 0 saturated heterocycles. The van der Waals surface area contributed by atoms with Gasteiger partial charge in [0.1, 0.15) is 11.5 Å². The molecular weight excluding hydrogens is 334 g/mol. The van der Waals surface area contributed by atoms with Crippen LogP contribution in [0.5, 0.6) is 17.4 Å². The summed E-state index contributed by atoms with van der Waals surface area (Å²) in [4.78, 5) is 8.36.